The largest absolute Gasteiger partial charge is 0.381 e. The van der Waals surface area contributed by atoms with Gasteiger partial charge in [-0.05, 0) is 57.7 Å². The molecular weight excluding hydrogens is 200 g/mol. The molecular formula is C13H26N2O. The Morgan fingerprint density at radius 1 is 1.12 bits per heavy atom. The fourth-order valence-electron chi connectivity index (χ4n) is 3.19. The smallest absolute Gasteiger partial charge is 0.0509 e. The zero-order chi connectivity index (χ0) is 11.2. The van der Waals surface area contributed by atoms with Crippen LogP contribution in [-0.2, 0) is 4.74 Å². The Kier molecular flexibility index (Phi) is 5.07. The summed E-state index contributed by atoms with van der Waals surface area (Å²) in [5, 5.41) is 0. The van der Waals surface area contributed by atoms with Crippen LogP contribution in [0.2, 0.25) is 0 Å². The van der Waals surface area contributed by atoms with Crippen molar-refractivity contribution in [2.45, 2.75) is 44.6 Å². The summed E-state index contributed by atoms with van der Waals surface area (Å²) >= 11 is 0. The van der Waals surface area contributed by atoms with Gasteiger partial charge in [-0.3, -0.25) is 0 Å². The minimum absolute atomic E-state index is 0.750. The van der Waals surface area contributed by atoms with E-state index in [1.807, 2.05) is 0 Å². The van der Waals surface area contributed by atoms with Crippen molar-refractivity contribution < 1.29 is 4.74 Å². The van der Waals surface area contributed by atoms with Gasteiger partial charge in [0.25, 0.3) is 0 Å². The van der Waals surface area contributed by atoms with Gasteiger partial charge in [-0.15, -0.1) is 0 Å². The average Bonchev–Trinajstić information content (AvgIpc) is 2.35. The molecule has 2 N–H and O–H groups in total. The van der Waals surface area contributed by atoms with Gasteiger partial charge in [-0.2, -0.15) is 0 Å². The summed E-state index contributed by atoms with van der Waals surface area (Å²) in [6, 6.07) is 0.820. The normalized spacial score (nSPS) is 31.3. The van der Waals surface area contributed by atoms with Gasteiger partial charge in [0.2, 0.25) is 0 Å². The highest BCUT2D eigenvalue weighted by Gasteiger charge is 2.32. The number of hydrogen-bond donors (Lipinski definition) is 1. The fourth-order valence-corrected chi connectivity index (χ4v) is 3.19. The molecule has 0 aromatic rings. The maximum atomic E-state index is 5.76. The van der Waals surface area contributed by atoms with Crippen LogP contribution in [0.15, 0.2) is 0 Å². The van der Waals surface area contributed by atoms with E-state index in [1.165, 1.54) is 45.2 Å². The predicted molar refractivity (Wildman–Crippen MR) is 66.4 cm³/mol. The van der Waals surface area contributed by atoms with Crippen LogP contribution in [0.1, 0.15) is 38.5 Å². The average molecular weight is 226 g/mol. The maximum Gasteiger partial charge on any atom is 0.0509 e. The van der Waals surface area contributed by atoms with Crippen molar-refractivity contribution >= 4 is 0 Å². The van der Waals surface area contributed by atoms with E-state index in [4.69, 9.17) is 10.5 Å². The highest BCUT2D eigenvalue weighted by molar-refractivity contribution is 4.86. The fraction of sp³-hybridized carbons (Fsp3) is 1.00. The summed E-state index contributed by atoms with van der Waals surface area (Å²) in [7, 11) is 0. The van der Waals surface area contributed by atoms with Gasteiger partial charge in [0.15, 0.2) is 0 Å². The van der Waals surface area contributed by atoms with E-state index in [-0.39, 0.29) is 0 Å². The maximum absolute atomic E-state index is 5.76. The second kappa shape index (κ2) is 6.58. The lowest BCUT2D eigenvalue weighted by atomic mass is 9.84. The number of fused-ring (bicyclic) bond motifs is 1. The third-order valence-corrected chi connectivity index (χ3v) is 4.05. The summed E-state index contributed by atoms with van der Waals surface area (Å²) in [6.07, 6.45) is 7.94. The molecule has 2 heterocycles. The van der Waals surface area contributed by atoms with Gasteiger partial charge in [0.1, 0.15) is 0 Å². The quantitative estimate of drug-likeness (QED) is 0.724. The highest BCUT2D eigenvalue weighted by atomic mass is 16.5. The molecule has 94 valence electrons. The molecule has 2 rings (SSSR count). The molecule has 0 bridgehead atoms. The molecule has 3 heteroatoms. The zero-order valence-corrected chi connectivity index (χ0v) is 10.4. The van der Waals surface area contributed by atoms with Gasteiger partial charge in [0.05, 0.1) is 6.61 Å². The Morgan fingerprint density at radius 2 is 2.00 bits per heavy atom. The third-order valence-electron chi connectivity index (χ3n) is 4.05. The van der Waals surface area contributed by atoms with Gasteiger partial charge >= 0.3 is 0 Å². The second-order valence-electron chi connectivity index (χ2n) is 5.22. The van der Waals surface area contributed by atoms with Crippen molar-refractivity contribution in [3.63, 3.8) is 0 Å². The number of hydrogen-bond acceptors (Lipinski definition) is 3. The molecule has 2 aliphatic rings. The first kappa shape index (κ1) is 12.3. The Morgan fingerprint density at radius 3 is 2.88 bits per heavy atom. The van der Waals surface area contributed by atoms with E-state index in [0.29, 0.717) is 0 Å². The lowest BCUT2D eigenvalue weighted by Gasteiger charge is -2.44. The molecule has 2 aliphatic heterocycles. The molecule has 0 spiro atoms. The van der Waals surface area contributed by atoms with Crippen molar-refractivity contribution in [2.75, 3.05) is 32.8 Å². The standard InChI is InChI=1S/C13H26N2O/c14-7-4-10-16-11-12-5-3-9-15-8-2-1-6-13(12)15/h12-13H,1-11,14H2. The SMILES string of the molecule is NCCCOCC1CCCN2CCCCC12. The number of nitrogens with zero attached hydrogens (tertiary/aromatic N) is 1. The number of rotatable bonds is 5. The Labute approximate surface area is 99.3 Å². The molecule has 16 heavy (non-hydrogen) atoms. The van der Waals surface area contributed by atoms with E-state index in [0.717, 1.165) is 38.1 Å². The molecule has 0 aromatic heterocycles. The van der Waals surface area contributed by atoms with Crippen molar-refractivity contribution in [1.82, 2.24) is 4.90 Å². The lowest BCUT2D eigenvalue weighted by Crippen LogP contribution is -2.49. The summed E-state index contributed by atoms with van der Waals surface area (Å²) in [6.45, 7) is 5.20. The van der Waals surface area contributed by atoms with E-state index in [1.54, 1.807) is 0 Å². The molecule has 3 nitrogen and oxygen atoms in total. The Bertz CT molecular complexity index is 196. The second-order valence-corrected chi connectivity index (χ2v) is 5.22. The molecule has 0 amide bonds. The molecule has 2 saturated heterocycles. The lowest BCUT2D eigenvalue weighted by molar-refractivity contribution is 0.00390. The van der Waals surface area contributed by atoms with Crippen LogP contribution in [-0.4, -0.2) is 43.8 Å². The van der Waals surface area contributed by atoms with Gasteiger partial charge in [-0.25, -0.2) is 0 Å². The van der Waals surface area contributed by atoms with Crippen LogP contribution in [0, 0.1) is 5.92 Å². The zero-order valence-electron chi connectivity index (χ0n) is 10.4. The first-order valence-electron chi connectivity index (χ1n) is 6.93. The van der Waals surface area contributed by atoms with Crippen LogP contribution < -0.4 is 5.73 Å². The molecule has 2 unspecified atom stereocenters. The van der Waals surface area contributed by atoms with Gasteiger partial charge in [0, 0.05) is 12.6 Å². The first-order valence-corrected chi connectivity index (χ1v) is 6.93. The van der Waals surface area contributed by atoms with Crippen LogP contribution in [0.4, 0.5) is 0 Å². The summed E-state index contributed by atoms with van der Waals surface area (Å²) in [4.78, 5) is 2.70. The Balaban J connectivity index is 1.74. The van der Waals surface area contributed by atoms with Crippen molar-refractivity contribution in [2.24, 2.45) is 11.7 Å². The monoisotopic (exact) mass is 226 g/mol. The van der Waals surface area contributed by atoms with E-state index < -0.39 is 0 Å². The first-order chi connectivity index (χ1) is 7.92. The van der Waals surface area contributed by atoms with Crippen molar-refractivity contribution in [3.8, 4) is 0 Å². The van der Waals surface area contributed by atoms with Crippen LogP contribution in [0.3, 0.4) is 0 Å². The molecule has 0 aliphatic carbocycles. The summed E-state index contributed by atoms with van der Waals surface area (Å²) in [5.41, 5.74) is 5.47. The van der Waals surface area contributed by atoms with E-state index >= 15 is 0 Å². The van der Waals surface area contributed by atoms with Gasteiger partial charge < -0.3 is 15.4 Å². The topological polar surface area (TPSA) is 38.5 Å². The third kappa shape index (κ3) is 3.19. The van der Waals surface area contributed by atoms with E-state index in [2.05, 4.69) is 4.90 Å². The summed E-state index contributed by atoms with van der Waals surface area (Å²) in [5.74, 6) is 0.784. The van der Waals surface area contributed by atoms with Crippen molar-refractivity contribution in [3.05, 3.63) is 0 Å². The molecule has 2 fully saturated rings. The molecule has 0 saturated carbocycles. The summed E-state index contributed by atoms with van der Waals surface area (Å²) < 4.78 is 5.76. The Hall–Kier alpha value is -0.120. The van der Waals surface area contributed by atoms with Crippen LogP contribution in [0.5, 0.6) is 0 Å². The predicted octanol–water partition coefficient (Wildman–Crippen LogP) is 1.62. The number of nitrogens with two attached hydrogens (primary N) is 1. The number of piperidine rings is 2. The van der Waals surface area contributed by atoms with Gasteiger partial charge in [-0.1, -0.05) is 6.42 Å². The minimum atomic E-state index is 0.750. The minimum Gasteiger partial charge on any atom is -0.381 e. The van der Waals surface area contributed by atoms with Crippen LogP contribution >= 0.6 is 0 Å². The van der Waals surface area contributed by atoms with Crippen LogP contribution in [0.25, 0.3) is 0 Å². The van der Waals surface area contributed by atoms with E-state index in [9.17, 15) is 0 Å². The molecule has 0 aromatic carbocycles. The van der Waals surface area contributed by atoms with Crippen molar-refractivity contribution in [1.29, 1.82) is 0 Å². The molecule has 2 atom stereocenters. The highest BCUT2D eigenvalue weighted by Crippen LogP contribution is 2.30. The number of ether oxygens (including phenoxy) is 1. The molecule has 0 radical (unpaired) electrons.